The molecule has 4 rings (SSSR count). The lowest BCUT2D eigenvalue weighted by molar-refractivity contribution is -0.127. The summed E-state index contributed by atoms with van der Waals surface area (Å²) in [7, 11) is -1.87. The van der Waals surface area contributed by atoms with Crippen LogP contribution in [0.3, 0.4) is 0 Å². The maximum Gasteiger partial charge on any atom is 0.243 e. The fourth-order valence-corrected chi connectivity index (χ4v) is 6.66. The van der Waals surface area contributed by atoms with Gasteiger partial charge < -0.3 is 15.0 Å². The number of methoxy groups -OCH3 is 1. The van der Waals surface area contributed by atoms with Gasteiger partial charge in [-0.1, -0.05) is 17.7 Å². The topological polar surface area (TPSA) is 79.0 Å². The second-order valence-corrected chi connectivity index (χ2v) is 11.3. The molecule has 184 valence electrons. The van der Waals surface area contributed by atoms with Crippen molar-refractivity contribution in [3.05, 3.63) is 53.6 Å². The number of carbonyl (C=O) groups is 1. The van der Waals surface area contributed by atoms with Crippen LogP contribution in [0.25, 0.3) is 0 Å². The number of aryl methyl sites for hydroxylation is 2. The molecule has 8 heteroatoms. The van der Waals surface area contributed by atoms with Gasteiger partial charge in [-0.2, -0.15) is 4.31 Å². The summed E-state index contributed by atoms with van der Waals surface area (Å²) in [5, 5.41) is 3.23. The monoisotopic (exact) mass is 485 g/mol. The summed E-state index contributed by atoms with van der Waals surface area (Å²) in [6, 6.07) is 13.7. The second-order valence-electron chi connectivity index (χ2n) is 9.42. The van der Waals surface area contributed by atoms with E-state index in [1.165, 1.54) is 9.99 Å². The molecular formula is C26H35N3O4S. The Morgan fingerprint density at radius 3 is 2.18 bits per heavy atom. The van der Waals surface area contributed by atoms with Gasteiger partial charge in [0, 0.05) is 43.8 Å². The molecule has 0 saturated carbocycles. The summed E-state index contributed by atoms with van der Waals surface area (Å²) >= 11 is 0. The molecule has 2 heterocycles. The number of nitrogens with zero attached hydrogens (tertiary/aromatic N) is 2. The van der Waals surface area contributed by atoms with E-state index < -0.39 is 10.0 Å². The number of ether oxygens (including phenoxy) is 1. The summed E-state index contributed by atoms with van der Waals surface area (Å²) in [5.74, 6) is 0.774. The van der Waals surface area contributed by atoms with Gasteiger partial charge in [-0.15, -0.1) is 0 Å². The van der Waals surface area contributed by atoms with Crippen LogP contribution in [0.5, 0.6) is 5.75 Å². The highest BCUT2D eigenvalue weighted by Gasteiger charge is 2.33. The lowest BCUT2D eigenvalue weighted by Gasteiger charge is -2.35. The summed E-state index contributed by atoms with van der Waals surface area (Å²) in [6.45, 7) is 6.33. The number of amides is 1. The van der Waals surface area contributed by atoms with E-state index in [1.54, 1.807) is 13.2 Å². The van der Waals surface area contributed by atoms with Crippen LogP contribution in [-0.4, -0.2) is 58.0 Å². The van der Waals surface area contributed by atoms with Crippen molar-refractivity contribution in [3.63, 3.8) is 0 Å². The van der Waals surface area contributed by atoms with Crippen LogP contribution in [0.2, 0.25) is 0 Å². The lowest BCUT2D eigenvalue weighted by atomic mass is 9.95. The third-order valence-electron chi connectivity index (χ3n) is 7.05. The quantitative estimate of drug-likeness (QED) is 0.678. The minimum Gasteiger partial charge on any atom is -0.497 e. The standard InChI is InChI=1S/C26H35N3O4S/c1-19-4-9-25(20(2)18-19)34(31,32)29-16-10-21(11-17-29)26(30)27-22-12-14-28(15-13-22)23-5-7-24(33-3)8-6-23/h4-9,18,21-22H,10-17H2,1-3H3,(H,27,30). The van der Waals surface area contributed by atoms with Crippen LogP contribution in [0.15, 0.2) is 47.4 Å². The number of benzene rings is 2. The minimum absolute atomic E-state index is 0.0615. The van der Waals surface area contributed by atoms with Crippen molar-refractivity contribution >= 4 is 21.6 Å². The minimum atomic E-state index is -3.53. The molecule has 2 aliphatic heterocycles. The molecule has 2 saturated heterocycles. The maximum absolute atomic E-state index is 13.1. The van der Waals surface area contributed by atoms with Crippen molar-refractivity contribution in [2.45, 2.75) is 50.5 Å². The number of carbonyl (C=O) groups excluding carboxylic acids is 1. The number of hydrogen-bond donors (Lipinski definition) is 1. The number of rotatable bonds is 6. The van der Waals surface area contributed by atoms with E-state index in [9.17, 15) is 13.2 Å². The Morgan fingerprint density at radius 2 is 1.59 bits per heavy atom. The molecule has 0 aromatic heterocycles. The molecule has 0 aliphatic carbocycles. The van der Waals surface area contributed by atoms with Crippen molar-refractivity contribution in [3.8, 4) is 5.75 Å². The first-order chi connectivity index (χ1) is 16.3. The van der Waals surface area contributed by atoms with E-state index in [0.717, 1.165) is 42.8 Å². The molecule has 0 unspecified atom stereocenters. The molecular weight excluding hydrogens is 450 g/mol. The Kier molecular flexibility index (Phi) is 7.48. The lowest BCUT2D eigenvalue weighted by Crippen LogP contribution is -2.48. The highest BCUT2D eigenvalue weighted by molar-refractivity contribution is 7.89. The Morgan fingerprint density at radius 1 is 0.941 bits per heavy atom. The van der Waals surface area contributed by atoms with Gasteiger partial charge in [-0.25, -0.2) is 8.42 Å². The predicted molar refractivity (Wildman–Crippen MR) is 134 cm³/mol. The van der Waals surface area contributed by atoms with Crippen LogP contribution in [0.4, 0.5) is 5.69 Å². The first kappa shape index (κ1) is 24.5. The van der Waals surface area contributed by atoms with Crippen molar-refractivity contribution in [2.24, 2.45) is 5.92 Å². The predicted octanol–water partition coefficient (Wildman–Crippen LogP) is 3.50. The molecule has 2 aliphatic rings. The van der Waals surface area contributed by atoms with E-state index in [2.05, 4.69) is 22.3 Å². The van der Waals surface area contributed by atoms with Crippen molar-refractivity contribution in [1.29, 1.82) is 0 Å². The van der Waals surface area contributed by atoms with E-state index in [0.29, 0.717) is 30.8 Å². The molecule has 34 heavy (non-hydrogen) atoms. The number of anilines is 1. The van der Waals surface area contributed by atoms with Crippen LogP contribution in [0, 0.1) is 19.8 Å². The molecule has 1 N–H and O–H groups in total. The third-order valence-corrected chi connectivity index (χ3v) is 9.11. The Balaban J connectivity index is 1.26. The summed E-state index contributed by atoms with van der Waals surface area (Å²) in [5.41, 5.74) is 2.98. The van der Waals surface area contributed by atoms with Gasteiger partial charge in [-0.3, -0.25) is 4.79 Å². The Labute approximate surface area is 203 Å². The number of hydrogen-bond acceptors (Lipinski definition) is 5. The van der Waals surface area contributed by atoms with E-state index in [-0.39, 0.29) is 17.9 Å². The van der Waals surface area contributed by atoms with Gasteiger partial charge in [0.25, 0.3) is 0 Å². The van der Waals surface area contributed by atoms with Gasteiger partial charge >= 0.3 is 0 Å². The van der Waals surface area contributed by atoms with Gasteiger partial charge in [0.05, 0.1) is 12.0 Å². The molecule has 7 nitrogen and oxygen atoms in total. The molecule has 2 aromatic carbocycles. The average molecular weight is 486 g/mol. The normalized spacial score (nSPS) is 18.6. The number of nitrogens with one attached hydrogen (secondary N) is 1. The van der Waals surface area contributed by atoms with Gasteiger partial charge in [0.2, 0.25) is 15.9 Å². The fraction of sp³-hybridized carbons (Fsp3) is 0.500. The van der Waals surface area contributed by atoms with Crippen molar-refractivity contribution in [2.75, 3.05) is 38.2 Å². The number of piperidine rings is 2. The zero-order valence-electron chi connectivity index (χ0n) is 20.3. The zero-order chi connectivity index (χ0) is 24.3. The first-order valence-corrected chi connectivity index (χ1v) is 13.5. The Hall–Kier alpha value is -2.58. The summed E-state index contributed by atoms with van der Waals surface area (Å²) in [4.78, 5) is 15.6. The van der Waals surface area contributed by atoms with Crippen LogP contribution in [-0.2, 0) is 14.8 Å². The number of sulfonamides is 1. The molecule has 0 spiro atoms. The highest BCUT2D eigenvalue weighted by atomic mass is 32.2. The Bertz CT molecular complexity index is 1100. The molecule has 0 radical (unpaired) electrons. The second kappa shape index (κ2) is 10.4. The molecule has 2 fully saturated rings. The SMILES string of the molecule is COc1ccc(N2CCC(NC(=O)C3CCN(S(=O)(=O)c4ccc(C)cc4C)CC3)CC2)cc1. The zero-order valence-corrected chi connectivity index (χ0v) is 21.1. The molecule has 1 amide bonds. The van der Waals surface area contributed by atoms with Gasteiger partial charge in [0.1, 0.15) is 5.75 Å². The van der Waals surface area contributed by atoms with Crippen LogP contribution in [0.1, 0.15) is 36.8 Å². The van der Waals surface area contributed by atoms with E-state index in [1.807, 2.05) is 38.1 Å². The largest absolute Gasteiger partial charge is 0.497 e. The summed E-state index contributed by atoms with van der Waals surface area (Å²) in [6.07, 6.45) is 2.91. The van der Waals surface area contributed by atoms with Crippen LogP contribution >= 0.6 is 0 Å². The van der Waals surface area contributed by atoms with Gasteiger partial charge in [-0.05, 0) is 75.4 Å². The summed E-state index contributed by atoms with van der Waals surface area (Å²) < 4.78 is 33.0. The fourth-order valence-electron chi connectivity index (χ4n) is 4.98. The highest BCUT2D eigenvalue weighted by Crippen LogP contribution is 2.27. The first-order valence-electron chi connectivity index (χ1n) is 12.0. The smallest absolute Gasteiger partial charge is 0.243 e. The van der Waals surface area contributed by atoms with Crippen LogP contribution < -0.4 is 15.0 Å². The van der Waals surface area contributed by atoms with E-state index in [4.69, 9.17) is 4.74 Å². The third kappa shape index (κ3) is 5.39. The van der Waals surface area contributed by atoms with Crippen molar-refractivity contribution < 1.29 is 17.9 Å². The molecule has 0 bridgehead atoms. The van der Waals surface area contributed by atoms with E-state index >= 15 is 0 Å². The molecule has 2 aromatic rings. The van der Waals surface area contributed by atoms with Gasteiger partial charge in [0.15, 0.2) is 0 Å². The average Bonchev–Trinajstić information content (AvgIpc) is 2.84. The molecule has 0 atom stereocenters. The van der Waals surface area contributed by atoms with Crippen molar-refractivity contribution in [1.82, 2.24) is 9.62 Å². The maximum atomic E-state index is 13.1.